The van der Waals surface area contributed by atoms with Crippen molar-refractivity contribution in [2.24, 2.45) is 0 Å². The van der Waals surface area contributed by atoms with Crippen molar-refractivity contribution in [2.45, 2.75) is 45.6 Å². The normalized spacial score (nSPS) is 21.1. The van der Waals surface area contributed by atoms with Gasteiger partial charge in [-0.15, -0.1) is 0 Å². The monoisotopic (exact) mass is 288 g/mol. The lowest BCUT2D eigenvalue weighted by molar-refractivity contribution is -0.131. The van der Waals surface area contributed by atoms with E-state index in [0.29, 0.717) is 24.5 Å². The van der Waals surface area contributed by atoms with Gasteiger partial charge in [-0.05, 0) is 19.8 Å². The molecule has 6 heteroatoms. The molecule has 0 N–H and O–H groups in total. The summed E-state index contributed by atoms with van der Waals surface area (Å²) in [6, 6.07) is -0.0504. The number of hydrogen-bond acceptors (Lipinski definition) is 4. The first-order valence-corrected chi connectivity index (χ1v) is 7.46. The summed E-state index contributed by atoms with van der Waals surface area (Å²) in [7, 11) is 1.74. The Hall–Kier alpha value is -1.98. The molecule has 1 fully saturated rings. The van der Waals surface area contributed by atoms with E-state index in [-0.39, 0.29) is 17.9 Å². The van der Waals surface area contributed by atoms with Gasteiger partial charge in [0.2, 0.25) is 11.8 Å². The number of nitrogens with zero attached hydrogens (tertiary/aromatic N) is 4. The van der Waals surface area contributed by atoms with Crippen LogP contribution < -0.4 is 4.90 Å². The highest BCUT2D eigenvalue weighted by molar-refractivity contribution is 5.99. The van der Waals surface area contributed by atoms with Crippen LogP contribution in [0, 0.1) is 6.92 Å². The first kappa shape index (κ1) is 14.0. The van der Waals surface area contributed by atoms with Crippen molar-refractivity contribution < 1.29 is 9.59 Å². The van der Waals surface area contributed by atoms with Crippen LogP contribution in [0.3, 0.4) is 0 Å². The second-order valence-corrected chi connectivity index (χ2v) is 5.70. The van der Waals surface area contributed by atoms with E-state index in [0.717, 1.165) is 30.6 Å². The second kappa shape index (κ2) is 5.09. The molecular formula is C15H20N4O2. The molecule has 3 heterocycles. The molecule has 1 atom stereocenters. The maximum absolute atomic E-state index is 12.0. The zero-order chi connectivity index (χ0) is 15.1. The fourth-order valence-corrected chi connectivity index (χ4v) is 3.16. The topological polar surface area (TPSA) is 66.4 Å². The molecule has 21 heavy (non-hydrogen) atoms. The average Bonchev–Trinajstić information content (AvgIpc) is 3.06. The number of aromatic nitrogens is 2. The van der Waals surface area contributed by atoms with E-state index >= 15 is 0 Å². The third-order valence-corrected chi connectivity index (χ3v) is 4.40. The number of rotatable bonds is 2. The zero-order valence-electron chi connectivity index (χ0n) is 12.7. The number of fused-ring (bicyclic) bond motifs is 1. The van der Waals surface area contributed by atoms with Crippen molar-refractivity contribution in [1.29, 1.82) is 0 Å². The molecule has 2 aliphatic rings. The van der Waals surface area contributed by atoms with Crippen molar-refractivity contribution in [3.63, 3.8) is 0 Å². The molecule has 112 valence electrons. The molecule has 2 amide bonds. The minimum Gasteiger partial charge on any atom is -0.332 e. The third-order valence-electron chi connectivity index (χ3n) is 4.40. The lowest BCUT2D eigenvalue weighted by Gasteiger charge is -2.24. The van der Waals surface area contributed by atoms with E-state index in [1.54, 1.807) is 11.9 Å². The molecule has 1 aromatic heterocycles. The summed E-state index contributed by atoms with van der Waals surface area (Å²) in [4.78, 5) is 36.5. The Morgan fingerprint density at radius 2 is 2.14 bits per heavy atom. The predicted octanol–water partition coefficient (Wildman–Crippen LogP) is 1.38. The number of hydrogen-bond donors (Lipinski definition) is 0. The number of likely N-dealkylation sites (N-methyl/N-ethyl adjacent to an activating group) is 1. The lowest BCUT2D eigenvalue weighted by Crippen LogP contribution is -2.31. The van der Waals surface area contributed by atoms with Gasteiger partial charge in [0.05, 0.1) is 12.5 Å². The summed E-state index contributed by atoms with van der Waals surface area (Å²) >= 11 is 0. The maximum Gasteiger partial charge on any atom is 0.232 e. The second-order valence-electron chi connectivity index (χ2n) is 5.70. The predicted molar refractivity (Wildman–Crippen MR) is 77.9 cm³/mol. The van der Waals surface area contributed by atoms with Gasteiger partial charge in [0.25, 0.3) is 0 Å². The molecular weight excluding hydrogens is 268 g/mol. The van der Waals surface area contributed by atoms with E-state index in [1.165, 1.54) is 0 Å². The van der Waals surface area contributed by atoms with Gasteiger partial charge >= 0.3 is 0 Å². The molecule has 1 saturated heterocycles. The molecule has 0 unspecified atom stereocenters. The van der Waals surface area contributed by atoms with Crippen molar-refractivity contribution in [1.82, 2.24) is 14.9 Å². The number of anilines is 1. The van der Waals surface area contributed by atoms with Crippen LogP contribution in [0.5, 0.6) is 0 Å². The molecule has 0 aromatic carbocycles. The Morgan fingerprint density at radius 3 is 2.86 bits per heavy atom. The Balaban J connectivity index is 1.99. The fraction of sp³-hybridized carbons (Fsp3) is 0.600. The van der Waals surface area contributed by atoms with Crippen LogP contribution in [0.15, 0.2) is 0 Å². The quantitative estimate of drug-likeness (QED) is 0.824. The summed E-state index contributed by atoms with van der Waals surface area (Å²) in [6.07, 6.45) is 2.74. The van der Waals surface area contributed by atoms with Crippen LogP contribution in [-0.2, 0) is 16.0 Å². The van der Waals surface area contributed by atoms with E-state index < -0.39 is 0 Å². The van der Waals surface area contributed by atoms with Gasteiger partial charge in [-0.2, -0.15) is 0 Å². The summed E-state index contributed by atoms with van der Waals surface area (Å²) < 4.78 is 0. The Kier molecular flexibility index (Phi) is 3.39. The highest BCUT2D eigenvalue weighted by atomic mass is 16.2. The van der Waals surface area contributed by atoms with E-state index in [4.69, 9.17) is 0 Å². The Labute approximate surface area is 124 Å². The zero-order valence-corrected chi connectivity index (χ0v) is 12.7. The van der Waals surface area contributed by atoms with Crippen LogP contribution in [0.1, 0.15) is 49.3 Å². The first-order valence-electron chi connectivity index (χ1n) is 7.46. The van der Waals surface area contributed by atoms with Crippen molar-refractivity contribution in [2.75, 3.05) is 18.5 Å². The van der Waals surface area contributed by atoms with Gasteiger partial charge in [0.1, 0.15) is 5.82 Å². The number of aryl methyl sites for hydroxylation is 1. The molecule has 1 aromatic rings. The van der Waals surface area contributed by atoms with E-state index in [9.17, 15) is 9.59 Å². The highest BCUT2D eigenvalue weighted by Crippen LogP contribution is 2.34. The smallest absolute Gasteiger partial charge is 0.232 e. The van der Waals surface area contributed by atoms with Gasteiger partial charge in [0, 0.05) is 31.3 Å². The van der Waals surface area contributed by atoms with E-state index in [2.05, 4.69) is 9.97 Å². The van der Waals surface area contributed by atoms with Gasteiger partial charge in [-0.3, -0.25) is 14.5 Å². The maximum atomic E-state index is 12.0. The Bertz CT molecular complexity index is 614. The largest absolute Gasteiger partial charge is 0.332 e. The minimum atomic E-state index is -0.0504. The lowest BCUT2D eigenvalue weighted by atomic mass is 10.1. The number of likely N-dealkylation sites (tertiary alicyclic amines) is 1. The molecule has 3 rings (SSSR count). The van der Waals surface area contributed by atoms with Crippen LogP contribution in [0.25, 0.3) is 0 Å². The minimum absolute atomic E-state index is 0.0486. The van der Waals surface area contributed by atoms with Crippen molar-refractivity contribution >= 4 is 17.6 Å². The molecule has 0 radical (unpaired) electrons. The third kappa shape index (κ3) is 2.18. The van der Waals surface area contributed by atoms with Crippen LogP contribution in [0.4, 0.5) is 5.82 Å². The first-order chi connectivity index (χ1) is 10.0. The standard InChI is InChI=1S/C15H20N4O2/c1-4-12(20)19-7-5-6-11(19)14-16-9(2)10-8-13(21)18(3)15(10)17-14/h11H,4-8H2,1-3H3/t11-/m0/s1. The molecule has 6 nitrogen and oxygen atoms in total. The highest BCUT2D eigenvalue weighted by Gasteiger charge is 2.34. The number of amides is 2. The van der Waals surface area contributed by atoms with Crippen molar-refractivity contribution in [3.05, 3.63) is 17.1 Å². The molecule has 0 bridgehead atoms. The number of carbonyl (C=O) groups is 2. The SMILES string of the molecule is CCC(=O)N1CCC[C@H]1c1nc(C)c2c(n1)N(C)C(=O)C2. The van der Waals surface area contributed by atoms with Crippen LogP contribution >= 0.6 is 0 Å². The molecule has 0 spiro atoms. The molecule has 0 aliphatic carbocycles. The van der Waals surface area contributed by atoms with Gasteiger partial charge in [-0.1, -0.05) is 6.92 Å². The van der Waals surface area contributed by atoms with Crippen LogP contribution in [0.2, 0.25) is 0 Å². The van der Waals surface area contributed by atoms with Crippen molar-refractivity contribution in [3.8, 4) is 0 Å². The Morgan fingerprint density at radius 1 is 1.38 bits per heavy atom. The summed E-state index contributed by atoms with van der Waals surface area (Å²) in [5.41, 5.74) is 1.76. The van der Waals surface area contributed by atoms with Gasteiger partial charge < -0.3 is 4.90 Å². The van der Waals surface area contributed by atoms with Gasteiger partial charge in [0.15, 0.2) is 5.82 Å². The van der Waals surface area contributed by atoms with E-state index in [1.807, 2.05) is 18.7 Å². The molecule has 2 aliphatic heterocycles. The summed E-state index contributed by atoms with van der Waals surface area (Å²) in [6.45, 7) is 4.56. The summed E-state index contributed by atoms with van der Waals surface area (Å²) in [5, 5.41) is 0. The number of carbonyl (C=O) groups excluding carboxylic acids is 2. The van der Waals surface area contributed by atoms with Crippen LogP contribution in [-0.4, -0.2) is 40.3 Å². The molecule has 0 saturated carbocycles. The fourth-order valence-electron chi connectivity index (χ4n) is 3.16. The summed E-state index contributed by atoms with van der Waals surface area (Å²) in [5.74, 6) is 1.57. The average molecular weight is 288 g/mol. The van der Waals surface area contributed by atoms with Gasteiger partial charge in [-0.25, -0.2) is 9.97 Å².